The minimum atomic E-state index is 0.778. The molecule has 3 heterocycles. The van der Waals surface area contributed by atoms with Gasteiger partial charge in [-0.2, -0.15) is 0 Å². The molecule has 0 unspecified atom stereocenters. The first-order valence-corrected chi connectivity index (χ1v) is 9.59. The number of piperidine rings is 1. The highest BCUT2D eigenvalue weighted by Gasteiger charge is 2.17. The largest absolute Gasteiger partial charge is 0.378 e. The van der Waals surface area contributed by atoms with Crippen molar-refractivity contribution < 1.29 is 4.74 Å². The normalized spacial score (nSPS) is 18.0. The number of nitrogens with zero attached hydrogens (tertiary/aromatic N) is 4. The maximum atomic E-state index is 5.49. The summed E-state index contributed by atoms with van der Waals surface area (Å²) >= 11 is 0. The third kappa shape index (κ3) is 3.90. The molecule has 0 aliphatic carbocycles. The number of hydrogen-bond donors (Lipinski definition) is 1. The molecule has 4 rings (SSSR count). The summed E-state index contributed by atoms with van der Waals surface area (Å²) in [4.78, 5) is 14.0. The zero-order valence-electron chi connectivity index (χ0n) is 15.4. The first-order valence-electron chi connectivity index (χ1n) is 9.59. The number of ether oxygens (including phenoxy) is 1. The predicted molar refractivity (Wildman–Crippen MR) is 106 cm³/mol. The van der Waals surface area contributed by atoms with Crippen LogP contribution in [-0.4, -0.2) is 49.4 Å². The topological polar surface area (TPSA) is 53.5 Å². The Morgan fingerprint density at radius 3 is 2.50 bits per heavy atom. The Morgan fingerprint density at radius 1 is 0.923 bits per heavy atom. The molecule has 2 fully saturated rings. The molecular formula is C20H27N5O. The van der Waals surface area contributed by atoms with Gasteiger partial charge >= 0.3 is 0 Å². The number of aromatic nitrogens is 2. The molecule has 0 saturated carbocycles. The van der Waals surface area contributed by atoms with Crippen molar-refractivity contribution in [3.8, 4) is 0 Å². The second-order valence-electron chi connectivity index (χ2n) is 6.95. The maximum Gasteiger partial charge on any atom is 0.136 e. The lowest BCUT2D eigenvalue weighted by molar-refractivity contribution is 0.123. The molecule has 1 N–H and O–H groups in total. The van der Waals surface area contributed by atoms with Crippen molar-refractivity contribution in [1.82, 2.24) is 9.97 Å². The highest BCUT2D eigenvalue weighted by Crippen LogP contribution is 2.30. The number of morpholine rings is 1. The number of nitrogens with one attached hydrogen (secondary N) is 1. The quantitative estimate of drug-likeness (QED) is 0.910. The third-order valence-corrected chi connectivity index (χ3v) is 5.02. The number of aryl methyl sites for hydroxylation is 1. The first kappa shape index (κ1) is 17.1. The molecule has 138 valence electrons. The van der Waals surface area contributed by atoms with E-state index in [1.54, 1.807) is 0 Å². The van der Waals surface area contributed by atoms with Gasteiger partial charge in [0.2, 0.25) is 0 Å². The van der Waals surface area contributed by atoms with Gasteiger partial charge in [0.15, 0.2) is 0 Å². The fourth-order valence-electron chi connectivity index (χ4n) is 3.70. The number of rotatable bonds is 4. The van der Waals surface area contributed by atoms with E-state index in [0.29, 0.717) is 0 Å². The van der Waals surface area contributed by atoms with Gasteiger partial charge in [0.25, 0.3) is 0 Å². The van der Waals surface area contributed by atoms with Crippen LogP contribution < -0.4 is 15.1 Å². The Balaban J connectivity index is 1.58. The number of para-hydroxylation sites is 2. The molecule has 2 aromatic rings. The Labute approximate surface area is 155 Å². The minimum Gasteiger partial charge on any atom is -0.378 e. The second kappa shape index (κ2) is 7.91. The van der Waals surface area contributed by atoms with E-state index in [0.717, 1.165) is 62.5 Å². The molecule has 2 saturated heterocycles. The second-order valence-corrected chi connectivity index (χ2v) is 6.95. The minimum absolute atomic E-state index is 0.778. The molecule has 1 aromatic carbocycles. The molecule has 0 atom stereocenters. The highest BCUT2D eigenvalue weighted by atomic mass is 16.5. The highest BCUT2D eigenvalue weighted by molar-refractivity contribution is 5.75. The van der Waals surface area contributed by atoms with E-state index in [-0.39, 0.29) is 0 Å². The van der Waals surface area contributed by atoms with Gasteiger partial charge in [-0.1, -0.05) is 12.1 Å². The van der Waals surface area contributed by atoms with Gasteiger partial charge in [-0.15, -0.1) is 0 Å². The summed E-state index contributed by atoms with van der Waals surface area (Å²) in [6.45, 7) is 7.52. The van der Waals surface area contributed by atoms with E-state index in [1.165, 1.54) is 24.9 Å². The summed E-state index contributed by atoms with van der Waals surface area (Å²) in [6, 6.07) is 10.5. The Hall–Kier alpha value is -2.34. The molecule has 6 nitrogen and oxygen atoms in total. The Kier molecular flexibility index (Phi) is 5.20. The zero-order valence-corrected chi connectivity index (χ0v) is 15.4. The fraction of sp³-hybridized carbons (Fsp3) is 0.500. The molecule has 0 bridgehead atoms. The third-order valence-electron chi connectivity index (χ3n) is 5.02. The van der Waals surface area contributed by atoms with E-state index in [9.17, 15) is 0 Å². The van der Waals surface area contributed by atoms with Gasteiger partial charge in [-0.3, -0.25) is 0 Å². The van der Waals surface area contributed by atoms with Crippen LogP contribution in [0.5, 0.6) is 0 Å². The molecule has 0 amide bonds. The van der Waals surface area contributed by atoms with Crippen molar-refractivity contribution in [1.29, 1.82) is 0 Å². The Morgan fingerprint density at radius 2 is 1.69 bits per heavy atom. The van der Waals surface area contributed by atoms with Gasteiger partial charge in [0.1, 0.15) is 17.5 Å². The van der Waals surface area contributed by atoms with Gasteiger partial charge < -0.3 is 19.9 Å². The summed E-state index contributed by atoms with van der Waals surface area (Å²) in [5, 5.41) is 3.53. The number of benzene rings is 1. The van der Waals surface area contributed by atoms with Crippen LogP contribution in [0.4, 0.5) is 23.0 Å². The summed E-state index contributed by atoms with van der Waals surface area (Å²) < 4.78 is 5.49. The van der Waals surface area contributed by atoms with Crippen molar-refractivity contribution in [3.63, 3.8) is 0 Å². The smallest absolute Gasteiger partial charge is 0.136 e. The van der Waals surface area contributed by atoms with Crippen LogP contribution >= 0.6 is 0 Å². The van der Waals surface area contributed by atoms with E-state index in [4.69, 9.17) is 4.74 Å². The molecule has 0 radical (unpaired) electrons. The average molecular weight is 353 g/mol. The molecular weight excluding hydrogens is 326 g/mol. The molecule has 6 heteroatoms. The van der Waals surface area contributed by atoms with Crippen LogP contribution in [0.2, 0.25) is 0 Å². The van der Waals surface area contributed by atoms with E-state index in [1.807, 2.05) is 6.92 Å². The molecule has 2 aliphatic heterocycles. The lowest BCUT2D eigenvalue weighted by atomic mass is 10.1. The lowest BCUT2D eigenvalue weighted by Crippen LogP contribution is -2.36. The van der Waals surface area contributed by atoms with E-state index in [2.05, 4.69) is 55.4 Å². The van der Waals surface area contributed by atoms with Crippen molar-refractivity contribution in [3.05, 3.63) is 36.2 Å². The van der Waals surface area contributed by atoms with Crippen molar-refractivity contribution in [2.45, 2.75) is 26.2 Å². The van der Waals surface area contributed by atoms with Crippen LogP contribution in [-0.2, 0) is 4.74 Å². The van der Waals surface area contributed by atoms with E-state index < -0.39 is 0 Å². The van der Waals surface area contributed by atoms with Crippen molar-refractivity contribution >= 4 is 23.0 Å². The van der Waals surface area contributed by atoms with Gasteiger partial charge in [-0.05, 0) is 38.3 Å². The van der Waals surface area contributed by atoms with Crippen LogP contribution in [0.1, 0.15) is 25.1 Å². The first-order chi connectivity index (χ1) is 12.8. The van der Waals surface area contributed by atoms with Crippen LogP contribution in [0.25, 0.3) is 0 Å². The van der Waals surface area contributed by atoms with Gasteiger partial charge in [-0.25, -0.2) is 9.97 Å². The number of anilines is 4. The van der Waals surface area contributed by atoms with Crippen LogP contribution in [0, 0.1) is 6.92 Å². The summed E-state index contributed by atoms with van der Waals surface area (Å²) in [7, 11) is 0. The van der Waals surface area contributed by atoms with E-state index >= 15 is 0 Å². The number of hydrogen-bond acceptors (Lipinski definition) is 6. The monoisotopic (exact) mass is 353 g/mol. The summed E-state index contributed by atoms with van der Waals surface area (Å²) in [5.41, 5.74) is 2.28. The van der Waals surface area contributed by atoms with Gasteiger partial charge in [0, 0.05) is 32.2 Å². The lowest BCUT2D eigenvalue weighted by Gasteiger charge is -2.31. The van der Waals surface area contributed by atoms with Crippen molar-refractivity contribution in [2.24, 2.45) is 0 Å². The average Bonchev–Trinajstić information content (AvgIpc) is 2.69. The molecule has 2 aliphatic rings. The SMILES string of the molecule is Cc1nc(Nc2ccccc2N2CCOCC2)cc(N2CCCCC2)n1. The summed E-state index contributed by atoms with van der Waals surface area (Å²) in [6.07, 6.45) is 3.80. The molecule has 1 aromatic heterocycles. The molecule has 0 spiro atoms. The van der Waals surface area contributed by atoms with Crippen LogP contribution in [0.15, 0.2) is 30.3 Å². The predicted octanol–water partition coefficient (Wildman–Crippen LogP) is 3.36. The zero-order chi connectivity index (χ0) is 17.8. The van der Waals surface area contributed by atoms with Gasteiger partial charge in [0.05, 0.1) is 24.6 Å². The molecule has 26 heavy (non-hydrogen) atoms. The Bertz CT molecular complexity index is 739. The standard InChI is InChI=1S/C20H27N5O/c1-16-21-19(15-20(22-16)25-9-5-2-6-10-25)23-17-7-3-4-8-18(17)24-11-13-26-14-12-24/h3-4,7-8,15H,2,5-6,9-14H2,1H3,(H,21,22,23). The fourth-order valence-corrected chi connectivity index (χ4v) is 3.70. The maximum absolute atomic E-state index is 5.49. The summed E-state index contributed by atoms with van der Waals surface area (Å²) in [5.74, 6) is 2.70. The van der Waals surface area contributed by atoms with Crippen molar-refractivity contribution in [2.75, 3.05) is 54.5 Å². The van der Waals surface area contributed by atoms with Crippen LogP contribution in [0.3, 0.4) is 0 Å².